The van der Waals surface area contributed by atoms with Crippen molar-refractivity contribution in [3.8, 4) is 0 Å². The lowest BCUT2D eigenvalue weighted by Gasteiger charge is -2.18. The molecule has 1 fully saturated rings. The third-order valence-electron chi connectivity index (χ3n) is 4.09. The molecule has 1 aliphatic heterocycles. The molecular weight excluding hydrogens is 364 g/mol. The molecule has 3 rings (SSSR count). The van der Waals surface area contributed by atoms with E-state index < -0.39 is 27.8 Å². The summed E-state index contributed by atoms with van der Waals surface area (Å²) in [5.41, 5.74) is 0.810. The highest BCUT2D eigenvalue weighted by Crippen LogP contribution is 2.38. The van der Waals surface area contributed by atoms with Gasteiger partial charge in [0.1, 0.15) is 4.90 Å². The monoisotopic (exact) mass is 378 g/mol. The van der Waals surface area contributed by atoms with Crippen molar-refractivity contribution >= 4 is 39.1 Å². The summed E-state index contributed by atoms with van der Waals surface area (Å²) in [6, 6.07) is 13.2. The van der Waals surface area contributed by atoms with Crippen LogP contribution in [0.1, 0.15) is 17.9 Å². The number of nitrogens with one attached hydrogen (secondary N) is 1. The lowest BCUT2D eigenvalue weighted by molar-refractivity contribution is -0.121. The standard InChI is InChI=1S/C17H15ClN2O4S/c1-19-25(23,24)14-9-5-8-13(16(14)18)20-15(21)10-12(17(20)22)11-6-3-2-4-7-11/h2-9,12,19H,10H2,1H3. The summed E-state index contributed by atoms with van der Waals surface area (Å²) in [5.74, 6) is -1.44. The fourth-order valence-electron chi connectivity index (χ4n) is 2.82. The second-order valence-electron chi connectivity index (χ2n) is 5.53. The van der Waals surface area contributed by atoms with E-state index in [0.29, 0.717) is 0 Å². The average molecular weight is 379 g/mol. The van der Waals surface area contributed by atoms with E-state index in [1.54, 1.807) is 24.3 Å². The van der Waals surface area contributed by atoms with E-state index >= 15 is 0 Å². The Balaban J connectivity index is 2.05. The highest BCUT2D eigenvalue weighted by Gasteiger charge is 2.41. The van der Waals surface area contributed by atoms with E-state index in [-0.39, 0.29) is 22.0 Å². The van der Waals surface area contributed by atoms with Crippen LogP contribution in [0.25, 0.3) is 0 Å². The number of sulfonamides is 1. The first-order valence-electron chi connectivity index (χ1n) is 7.50. The highest BCUT2D eigenvalue weighted by molar-refractivity contribution is 7.89. The molecule has 0 spiro atoms. The minimum absolute atomic E-state index is 0.0161. The molecule has 1 unspecified atom stereocenters. The number of anilines is 1. The maximum atomic E-state index is 12.8. The quantitative estimate of drug-likeness (QED) is 0.827. The van der Waals surface area contributed by atoms with Gasteiger partial charge < -0.3 is 0 Å². The van der Waals surface area contributed by atoms with Gasteiger partial charge in [0.25, 0.3) is 0 Å². The molecule has 2 aromatic rings. The van der Waals surface area contributed by atoms with Crippen LogP contribution in [0.15, 0.2) is 53.4 Å². The van der Waals surface area contributed by atoms with Gasteiger partial charge in [-0.2, -0.15) is 0 Å². The molecule has 130 valence electrons. The summed E-state index contributed by atoms with van der Waals surface area (Å²) < 4.78 is 26.3. The zero-order valence-corrected chi connectivity index (χ0v) is 14.8. The van der Waals surface area contributed by atoms with Gasteiger partial charge in [0.15, 0.2) is 0 Å². The first-order chi connectivity index (χ1) is 11.9. The lowest BCUT2D eigenvalue weighted by atomic mass is 9.98. The minimum atomic E-state index is -3.81. The maximum absolute atomic E-state index is 12.8. The zero-order chi connectivity index (χ0) is 18.2. The Kier molecular flexibility index (Phi) is 4.64. The normalized spacial score (nSPS) is 18.0. The Morgan fingerprint density at radius 3 is 2.40 bits per heavy atom. The molecule has 6 nitrogen and oxygen atoms in total. The maximum Gasteiger partial charge on any atom is 0.241 e. The molecule has 2 aromatic carbocycles. The second-order valence-corrected chi connectivity index (χ2v) is 7.76. The van der Waals surface area contributed by atoms with Crippen LogP contribution in [0.2, 0.25) is 5.02 Å². The number of carbonyl (C=O) groups is 2. The molecule has 1 heterocycles. The van der Waals surface area contributed by atoms with Gasteiger partial charge >= 0.3 is 0 Å². The highest BCUT2D eigenvalue weighted by atomic mass is 35.5. The van der Waals surface area contributed by atoms with Gasteiger partial charge in [0, 0.05) is 6.42 Å². The van der Waals surface area contributed by atoms with Crippen molar-refractivity contribution in [3.05, 3.63) is 59.1 Å². The number of hydrogen-bond donors (Lipinski definition) is 1. The SMILES string of the molecule is CNS(=O)(=O)c1cccc(N2C(=O)CC(c3ccccc3)C2=O)c1Cl. The van der Waals surface area contributed by atoms with Crippen LogP contribution >= 0.6 is 11.6 Å². The first-order valence-corrected chi connectivity index (χ1v) is 9.36. The molecule has 0 saturated carbocycles. The number of carbonyl (C=O) groups excluding carboxylic acids is 2. The molecule has 1 aliphatic rings. The average Bonchev–Trinajstić information content (AvgIpc) is 2.90. The van der Waals surface area contributed by atoms with Crippen molar-refractivity contribution in [3.63, 3.8) is 0 Å². The Morgan fingerprint density at radius 2 is 1.76 bits per heavy atom. The van der Waals surface area contributed by atoms with Crippen LogP contribution in [0.4, 0.5) is 5.69 Å². The van der Waals surface area contributed by atoms with Gasteiger partial charge in [-0.05, 0) is 24.7 Å². The van der Waals surface area contributed by atoms with Crippen LogP contribution in [-0.2, 0) is 19.6 Å². The number of halogens is 1. The topological polar surface area (TPSA) is 83.6 Å². The number of hydrogen-bond acceptors (Lipinski definition) is 4. The van der Waals surface area contributed by atoms with Crippen LogP contribution in [0, 0.1) is 0 Å². The molecule has 0 aromatic heterocycles. The first kappa shape index (κ1) is 17.6. The van der Waals surface area contributed by atoms with E-state index in [0.717, 1.165) is 10.5 Å². The van der Waals surface area contributed by atoms with E-state index in [1.807, 2.05) is 6.07 Å². The van der Waals surface area contributed by atoms with E-state index in [2.05, 4.69) is 4.72 Å². The number of benzene rings is 2. The number of amides is 2. The van der Waals surface area contributed by atoms with E-state index in [9.17, 15) is 18.0 Å². The summed E-state index contributed by atoms with van der Waals surface area (Å²) >= 11 is 6.21. The Hall–Kier alpha value is -2.22. The van der Waals surface area contributed by atoms with Crippen LogP contribution < -0.4 is 9.62 Å². The van der Waals surface area contributed by atoms with E-state index in [4.69, 9.17) is 11.6 Å². The molecule has 25 heavy (non-hydrogen) atoms. The van der Waals surface area contributed by atoms with Crippen LogP contribution in [0.5, 0.6) is 0 Å². The molecular formula is C17H15ClN2O4S. The van der Waals surface area contributed by atoms with E-state index in [1.165, 1.54) is 25.2 Å². The summed E-state index contributed by atoms with van der Waals surface area (Å²) in [4.78, 5) is 26.0. The van der Waals surface area contributed by atoms with Crippen molar-refractivity contribution in [2.45, 2.75) is 17.2 Å². The Bertz CT molecular complexity index is 944. The van der Waals surface area contributed by atoms with Crippen molar-refractivity contribution in [2.24, 2.45) is 0 Å². The van der Waals surface area contributed by atoms with Crippen molar-refractivity contribution < 1.29 is 18.0 Å². The summed E-state index contributed by atoms with van der Waals surface area (Å²) in [6.45, 7) is 0. The van der Waals surface area contributed by atoms with Gasteiger partial charge in [-0.3, -0.25) is 9.59 Å². The van der Waals surface area contributed by atoms with Gasteiger partial charge in [0.2, 0.25) is 21.8 Å². The molecule has 1 N–H and O–H groups in total. The molecule has 0 aliphatic carbocycles. The lowest BCUT2D eigenvalue weighted by Crippen LogP contribution is -2.31. The molecule has 2 amide bonds. The Labute approximate surface area is 150 Å². The largest absolute Gasteiger partial charge is 0.274 e. The number of nitrogens with zero attached hydrogens (tertiary/aromatic N) is 1. The summed E-state index contributed by atoms with van der Waals surface area (Å²) in [7, 11) is -2.55. The van der Waals surface area contributed by atoms with Gasteiger partial charge in [-0.25, -0.2) is 18.0 Å². The molecule has 1 atom stereocenters. The third kappa shape index (κ3) is 3.06. The van der Waals surface area contributed by atoms with Crippen LogP contribution in [-0.4, -0.2) is 27.3 Å². The zero-order valence-electron chi connectivity index (χ0n) is 13.3. The second kappa shape index (κ2) is 6.59. The molecule has 0 bridgehead atoms. The minimum Gasteiger partial charge on any atom is -0.274 e. The fraction of sp³-hybridized carbons (Fsp3) is 0.176. The van der Waals surface area contributed by atoms with Crippen molar-refractivity contribution in [1.29, 1.82) is 0 Å². The number of rotatable bonds is 4. The van der Waals surface area contributed by atoms with Crippen molar-refractivity contribution in [2.75, 3.05) is 11.9 Å². The summed E-state index contributed by atoms with van der Waals surface area (Å²) in [6.07, 6.45) is 0.0161. The third-order valence-corrected chi connectivity index (χ3v) is 6.06. The van der Waals surface area contributed by atoms with Crippen molar-refractivity contribution in [1.82, 2.24) is 4.72 Å². The van der Waals surface area contributed by atoms with Gasteiger partial charge in [-0.15, -0.1) is 0 Å². The summed E-state index contributed by atoms with van der Waals surface area (Å²) in [5, 5.41) is -0.160. The van der Waals surface area contributed by atoms with Gasteiger partial charge in [0.05, 0.1) is 16.6 Å². The predicted molar refractivity (Wildman–Crippen MR) is 94.0 cm³/mol. The fourth-order valence-corrected chi connectivity index (χ4v) is 4.15. The predicted octanol–water partition coefficient (Wildman–Crippen LogP) is 2.30. The number of imide groups is 1. The Morgan fingerprint density at radius 1 is 1.08 bits per heavy atom. The molecule has 8 heteroatoms. The smallest absolute Gasteiger partial charge is 0.241 e. The molecule has 1 saturated heterocycles. The van der Waals surface area contributed by atoms with Gasteiger partial charge in [-0.1, -0.05) is 48.0 Å². The van der Waals surface area contributed by atoms with Crippen LogP contribution in [0.3, 0.4) is 0 Å². The molecule has 0 radical (unpaired) electrons.